The van der Waals surface area contributed by atoms with Crippen molar-refractivity contribution < 1.29 is 4.74 Å². The molecule has 2 aromatic rings. The summed E-state index contributed by atoms with van der Waals surface area (Å²) in [6.45, 7) is 3.10. The van der Waals surface area contributed by atoms with Gasteiger partial charge in [0.05, 0.1) is 0 Å². The first-order valence-electron chi connectivity index (χ1n) is 7.13. The highest BCUT2D eigenvalue weighted by molar-refractivity contribution is 9.13. The first-order valence-corrected chi connectivity index (χ1v) is 8.71. The lowest BCUT2D eigenvalue weighted by atomic mass is 9.93. The molecule has 0 amide bonds. The summed E-state index contributed by atoms with van der Waals surface area (Å²) in [5.41, 5.74) is 2.45. The molecular weight excluding hydrogens is 394 g/mol. The fourth-order valence-electron chi connectivity index (χ4n) is 2.77. The van der Waals surface area contributed by atoms with Crippen LogP contribution in [0.5, 0.6) is 5.75 Å². The van der Waals surface area contributed by atoms with Gasteiger partial charge in [-0.05, 0) is 62.2 Å². The van der Waals surface area contributed by atoms with Crippen molar-refractivity contribution in [3.8, 4) is 5.75 Å². The molecule has 2 unspecified atom stereocenters. The van der Waals surface area contributed by atoms with Crippen molar-refractivity contribution in [2.45, 2.75) is 25.5 Å². The molecule has 3 rings (SSSR count). The third kappa shape index (κ3) is 3.17. The zero-order valence-electron chi connectivity index (χ0n) is 11.8. The molecule has 0 bridgehead atoms. The minimum atomic E-state index is 0.0772. The number of hydrogen-bond donors (Lipinski definition) is 1. The second-order valence-corrected chi connectivity index (χ2v) is 6.87. The zero-order chi connectivity index (χ0) is 14.8. The second-order valence-electron chi connectivity index (χ2n) is 5.16. The predicted molar refractivity (Wildman–Crippen MR) is 92.7 cm³/mol. The van der Waals surface area contributed by atoms with Crippen molar-refractivity contribution in [3.63, 3.8) is 0 Å². The molecule has 1 aliphatic heterocycles. The molecule has 0 saturated heterocycles. The highest BCUT2D eigenvalue weighted by Crippen LogP contribution is 2.41. The lowest BCUT2D eigenvalue weighted by Gasteiger charge is -2.33. The predicted octanol–water partition coefficient (Wildman–Crippen LogP) is 5.39. The second kappa shape index (κ2) is 6.51. The van der Waals surface area contributed by atoms with Gasteiger partial charge in [-0.2, -0.15) is 0 Å². The van der Waals surface area contributed by atoms with E-state index >= 15 is 0 Å². The number of hydrogen-bond acceptors (Lipinski definition) is 2. The molecule has 0 saturated carbocycles. The number of rotatable bonds is 3. The van der Waals surface area contributed by atoms with Crippen LogP contribution in [0.1, 0.15) is 36.6 Å². The molecule has 1 heterocycles. The standard InChI is InChI=1S/C17H17Br2NO/c1-2-20-15-10-17(11-7-8-13(18)14(19)9-11)21-16-6-4-3-5-12(15)16/h3-9,15,17,20H,2,10H2,1H3. The van der Waals surface area contributed by atoms with Crippen molar-refractivity contribution in [2.75, 3.05) is 6.54 Å². The topological polar surface area (TPSA) is 21.3 Å². The molecule has 1 N–H and O–H groups in total. The lowest BCUT2D eigenvalue weighted by molar-refractivity contribution is 0.152. The number of fused-ring (bicyclic) bond motifs is 1. The Morgan fingerprint density at radius 1 is 1.14 bits per heavy atom. The van der Waals surface area contributed by atoms with Gasteiger partial charge in [-0.3, -0.25) is 0 Å². The minimum Gasteiger partial charge on any atom is -0.485 e. The molecule has 0 spiro atoms. The van der Waals surface area contributed by atoms with Crippen LogP contribution in [0.15, 0.2) is 51.4 Å². The fourth-order valence-corrected chi connectivity index (χ4v) is 3.42. The number of nitrogens with one attached hydrogen (secondary N) is 1. The Bertz CT molecular complexity index is 644. The molecule has 21 heavy (non-hydrogen) atoms. The van der Waals surface area contributed by atoms with Gasteiger partial charge in [-0.15, -0.1) is 0 Å². The summed E-state index contributed by atoms with van der Waals surface area (Å²) in [5, 5.41) is 3.57. The number of para-hydroxylation sites is 1. The highest BCUT2D eigenvalue weighted by Gasteiger charge is 2.28. The zero-order valence-corrected chi connectivity index (χ0v) is 14.9. The molecule has 2 atom stereocenters. The molecular formula is C17H17Br2NO. The maximum absolute atomic E-state index is 6.21. The van der Waals surface area contributed by atoms with Gasteiger partial charge in [-0.1, -0.05) is 31.2 Å². The molecule has 110 valence electrons. The van der Waals surface area contributed by atoms with Gasteiger partial charge < -0.3 is 10.1 Å². The van der Waals surface area contributed by atoms with Gasteiger partial charge in [0.2, 0.25) is 0 Å². The van der Waals surface area contributed by atoms with Crippen LogP contribution in [0.3, 0.4) is 0 Å². The monoisotopic (exact) mass is 409 g/mol. The van der Waals surface area contributed by atoms with Gasteiger partial charge >= 0.3 is 0 Å². The number of halogens is 2. The number of ether oxygens (including phenoxy) is 1. The summed E-state index contributed by atoms with van der Waals surface area (Å²) in [6, 6.07) is 15.0. The van der Waals surface area contributed by atoms with Crippen LogP contribution in [-0.4, -0.2) is 6.54 Å². The third-order valence-corrected chi connectivity index (χ3v) is 5.66. The smallest absolute Gasteiger partial charge is 0.126 e. The van der Waals surface area contributed by atoms with Gasteiger partial charge in [-0.25, -0.2) is 0 Å². The summed E-state index contributed by atoms with van der Waals surface area (Å²) in [6.07, 6.45) is 1.02. The van der Waals surface area contributed by atoms with Crippen molar-refractivity contribution in [2.24, 2.45) is 0 Å². The van der Waals surface area contributed by atoms with E-state index in [0.717, 1.165) is 27.7 Å². The molecule has 1 aliphatic rings. The van der Waals surface area contributed by atoms with E-state index in [1.807, 2.05) is 6.07 Å². The van der Waals surface area contributed by atoms with E-state index in [4.69, 9.17) is 4.74 Å². The molecule has 2 nitrogen and oxygen atoms in total. The largest absolute Gasteiger partial charge is 0.485 e. The van der Waals surface area contributed by atoms with Gasteiger partial charge in [0, 0.05) is 27.0 Å². The highest BCUT2D eigenvalue weighted by atomic mass is 79.9. The Morgan fingerprint density at radius 2 is 1.95 bits per heavy atom. The van der Waals surface area contributed by atoms with Crippen molar-refractivity contribution >= 4 is 31.9 Å². The van der Waals surface area contributed by atoms with E-state index in [9.17, 15) is 0 Å². The van der Waals surface area contributed by atoms with Gasteiger partial charge in [0.15, 0.2) is 0 Å². The van der Waals surface area contributed by atoms with Crippen LogP contribution in [0.25, 0.3) is 0 Å². The summed E-state index contributed by atoms with van der Waals surface area (Å²) >= 11 is 7.09. The van der Waals surface area contributed by atoms with E-state index in [0.29, 0.717) is 6.04 Å². The lowest BCUT2D eigenvalue weighted by Crippen LogP contribution is -2.28. The van der Waals surface area contributed by atoms with E-state index in [1.54, 1.807) is 0 Å². The minimum absolute atomic E-state index is 0.0772. The fraction of sp³-hybridized carbons (Fsp3) is 0.294. The van der Waals surface area contributed by atoms with Gasteiger partial charge in [0.1, 0.15) is 11.9 Å². The summed E-state index contributed by atoms with van der Waals surface area (Å²) in [7, 11) is 0. The summed E-state index contributed by atoms with van der Waals surface area (Å²) < 4.78 is 8.33. The van der Waals surface area contributed by atoms with Gasteiger partial charge in [0.25, 0.3) is 0 Å². The molecule has 0 aliphatic carbocycles. The average molecular weight is 411 g/mol. The van der Waals surface area contributed by atoms with E-state index < -0.39 is 0 Å². The SMILES string of the molecule is CCNC1CC(c2ccc(Br)c(Br)c2)Oc2ccccc21. The normalized spacial score (nSPS) is 20.7. The maximum atomic E-state index is 6.21. The van der Waals surface area contributed by atoms with E-state index in [-0.39, 0.29) is 6.10 Å². The third-order valence-electron chi connectivity index (χ3n) is 3.78. The van der Waals surface area contributed by atoms with Crippen LogP contribution < -0.4 is 10.1 Å². The van der Waals surface area contributed by atoms with Crippen LogP contribution in [0, 0.1) is 0 Å². The maximum Gasteiger partial charge on any atom is 0.126 e. The van der Waals surface area contributed by atoms with Crippen molar-refractivity contribution in [1.82, 2.24) is 5.32 Å². The van der Waals surface area contributed by atoms with E-state index in [1.165, 1.54) is 11.1 Å². The first kappa shape index (κ1) is 15.1. The molecule has 0 fully saturated rings. The summed E-state index contributed by atoms with van der Waals surface area (Å²) in [5.74, 6) is 0.985. The Morgan fingerprint density at radius 3 is 2.71 bits per heavy atom. The van der Waals surface area contributed by atoms with E-state index in [2.05, 4.69) is 80.5 Å². The first-order chi connectivity index (χ1) is 10.2. The number of benzene rings is 2. The molecule has 2 aromatic carbocycles. The van der Waals surface area contributed by atoms with Crippen molar-refractivity contribution in [3.05, 3.63) is 62.5 Å². The Hall–Kier alpha value is -0.840. The Labute approximate surface area is 142 Å². The van der Waals surface area contributed by atoms with Crippen LogP contribution in [0.2, 0.25) is 0 Å². The van der Waals surface area contributed by atoms with Crippen molar-refractivity contribution in [1.29, 1.82) is 0 Å². The molecule has 0 aromatic heterocycles. The quantitative estimate of drug-likeness (QED) is 0.732. The summed E-state index contributed by atoms with van der Waals surface area (Å²) in [4.78, 5) is 0. The van der Waals surface area contributed by atoms with Crippen LogP contribution in [0.4, 0.5) is 0 Å². The Kier molecular flexibility index (Phi) is 4.67. The molecule has 4 heteroatoms. The Balaban J connectivity index is 1.93. The van der Waals surface area contributed by atoms with Crippen LogP contribution >= 0.6 is 31.9 Å². The average Bonchev–Trinajstić information content (AvgIpc) is 2.50. The van der Waals surface area contributed by atoms with Crippen LogP contribution in [-0.2, 0) is 0 Å². The molecule has 0 radical (unpaired) electrons.